The first-order chi connectivity index (χ1) is 7.15. The van der Waals surface area contributed by atoms with Gasteiger partial charge < -0.3 is 14.7 Å². The molecule has 1 aromatic heterocycles. The van der Waals surface area contributed by atoms with E-state index in [1.165, 1.54) is 6.07 Å². The van der Waals surface area contributed by atoms with E-state index >= 15 is 0 Å². The Morgan fingerprint density at radius 3 is 2.73 bits per heavy atom. The molecule has 6 heteroatoms. The second-order valence-corrected chi connectivity index (χ2v) is 3.00. The predicted octanol–water partition coefficient (Wildman–Crippen LogP) is 0.257. The van der Waals surface area contributed by atoms with Crippen molar-refractivity contribution in [3.05, 3.63) is 17.8 Å². The maximum atomic E-state index is 10.5. The molecule has 0 spiro atoms. The van der Waals surface area contributed by atoms with Crippen molar-refractivity contribution in [2.24, 2.45) is 0 Å². The molecule has 0 amide bonds. The van der Waals surface area contributed by atoms with Crippen molar-refractivity contribution >= 4 is 11.8 Å². The van der Waals surface area contributed by atoms with Gasteiger partial charge in [-0.2, -0.15) is 0 Å². The van der Waals surface area contributed by atoms with Gasteiger partial charge in [0.05, 0.1) is 6.61 Å². The number of ether oxygens (including phenoxy) is 1. The molecule has 82 valence electrons. The summed E-state index contributed by atoms with van der Waals surface area (Å²) in [5.41, 5.74) is -0.0566. The van der Waals surface area contributed by atoms with E-state index in [2.05, 4.69) is 10.2 Å². The van der Waals surface area contributed by atoms with Gasteiger partial charge in [-0.25, -0.2) is 4.79 Å². The number of aromatic nitrogens is 2. The topological polar surface area (TPSA) is 75.5 Å². The van der Waals surface area contributed by atoms with E-state index in [1.807, 2.05) is 11.9 Å². The SMILES string of the molecule is COCCN(C)c1ccc(C(=O)O)nn1. The Hall–Kier alpha value is -1.69. The molecule has 1 aromatic rings. The van der Waals surface area contributed by atoms with Gasteiger partial charge in [0.25, 0.3) is 0 Å². The molecule has 1 rings (SSSR count). The van der Waals surface area contributed by atoms with E-state index < -0.39 is 5.97 Å². The lowest BCUT2D eigenvalue weighted by molar-refractivity contribution is 0.0689. The Morgan fingerprint density at radius 1 is 1.53 bits per heavy atom. The van der Waals surface area contributed by atoms with E-state index in [0.29, 0.717) is 19.0 Å². The van der Waals surface area contributed by atoms with Gasteiger partial charge >= 0.3 is 5.97 Å². The third kappa shape index (κ3) is 3.17. The minimum Gasteiger partial charge on any atom is -0.476 e. The van der Waals surface area contributed by atoms with Gasteiger partial charge in [-0.15, -0.1) is 10.2 Å². The average molecular weight is 211 g/mol. The lowest BCUT2D eigenvalue weighted by atomic mass is 10.4. The molecule has 0 aliphatic heterocycles. The third-order valence-electron chi connectivity index (χ3n) is 1.89. The van der Waals surface area contributed by atoms with Crippen molar-refractivity contribution < 1.29 is 14.6 Å². The maximum Gasteiger partial charge on any atom is 0.356 e. The second-order valence-electron chi connectivity index (χ2n) is 3.00. The van der Waals surface area contributed by atoms with Crippen molar-refractivity contribution in [1.29, 1.82) is 0 Å². The Morgan fingerprint density at radius 2 is 2.27 bits per heavy atom. The van der Waals surface area contributed by atoms with Crippen LogP contribution < -0.4 is 4.90 Å². The number of carbonyl (C=O) groups is 1. The van der Waals surface area contributed by atoms with Crippen LogP contribution in [0.3, 0.4) is 0 Å². The summed E-state index contributed by atoms with van der Waals surface area (Å²) < 4.78 is 4.91. The molecular formula is C9H13N3O3. The van der Waals surface area contributed by atoms with Crippen LogP contribution in [-0.2, 0) is 4.74 Å². The van der Waals surface area contributed by atoms with E-state index in [0.717, 1.165) is 0 Å². The molecule has 1 heterocycles. The molecule has 0 unspecified atom stereocenters. The smallest absolute Gasteiger partial charge is 0.356 e. The fraction of sp³-hybridized carbons (Fsp3) is 0.444. The van der Waals surface area contributed by atoms with Crippen LogP contribution in [0, 0.1) is 0 Å². The highest BCUT2D eigenvalue weighted by Gasteiger charge is 2.07. The van der Waals surface area contributed by atoms with Gasteiger partial charge in [-0.1, -0.05) is 0 Å². The Kier molecular flexibility index (Phi) is 3.99. The number of anilines is 1. The molecule has 0 bridgehead atoms. The first-order valence-corrected chi connectivity index (χ1v) is 4.42. The van der Waals surface area contributed by atoms with Gasteiger partial charge in [-0.05, 0) is 12.1 Å². The summed E-state index contributed by atoms with van der Waals surface area (Å²) in [6.45, 7) is 1.26. The molecule has 0 radical (unpaired) electrons. The second kappa shape index (κ2) is 5.26. The lowest BCUT2D eigenvalue weighted by Gasteiger charge is -2.16. The van der Waals surface area contributed by atoms with E-state index in [1.54, 1.807) is 13.2 Å². The van der Waals surface area contributed by atoms with Gasteiger partial charge in [0, 0.05) is 20.7 Å². The average Bonchev–Trinajstić information content (AvgIpc) is 2.26. The highest BCUT2D eigenvalue weighted by atomic mass is 16.5. The summed E-state index contributed by atoms with van der Waals surface area (Å²) in [6.07, 6.45) is 0. The van der Waals surface area contributed by atoms with E-state index in [4.69, 9.17) is 9.84 Å². The minimum absolute atomic E-state index is 0.0566. The summed E-state index contributed by atoms with van der Waals surface area (Å²) in [5, 5.41) is 16.0. The molecule has 0 fully saturated rings. The molecule has 0 aliphatic rings. The van der Waals surface area contributed by atoms with E-state index in [-0.39, 0.29) is 5.69 Å². The molecule has 0 saturated carbocycles. The van der Waals surface area contributed by atoms with Crippen LogP contribution in [0.1, 0.15) is 10.5 Å². The summed E-state index contributed by atoms with van der Waals surface area (Å²) in [7, 11) is 3.45. The molecule has 15 heavy (non-hydrogen) atoms. The summed E-state index contributed by atoms with van der Waals surface area (Å²) in [5.74, 6) is -0.453. The number of hydrogen-bond donors (Lipinski definition) is 1. The zero-order chi connectivity index (χ0) is 11.3. The van der Waals surface area contributed by atoms with Crippen LogP contribution in [-0.4, -0.2) is 48.6 Å². The van der Waals surface area contributed by atoms with E-state index in [9.17, 15) is 4.79 Å². The molecule has 0 aromatic carbocycles. The Labute approximate surface area is 87.5 Å². The van der Waals surface area contributed by atoms with Crippen LogP contribution in [0.15, 0.2) is 12.1 Å². The summed E-state index contributed by atoms with van der Waals surface area (Å²) >= 11 is 0. The fourth-order valence-corrected chi connectivity index (χ4v) is 0.986. The molecule has 0 aliphatic carbocycles. The normalized spacial score (nSPS) is 10.0. The quantitative estimate of drug-likeness (QED) is 0.752. The van der Waals surface area contributed by atoms with Crippen molar-refractivity contribution in [2.45, 2.75) is 0 Å². The van der Waals surface area contributed by atoms with Crippen LogP contribution in [0.25, 0.3) is 0 Å². The molecule has 0 atom stereocenters. The zero-order valence-corrected chi connectivity index (χ0v) is 8.67. The molecule has 0 saturated heterocycles. The third-order valence-corrected chi connectivity index (χ3v) is 1.89. The maximum absolute atomic E-state index is 10.5. The van der Waals surface area contributed by atoms with Crippen LogP contribution in [0.2, 0.25) is 0 Å². The number of nitrogens with zero attached hydrogens (tertiary/aromatic N) is 3. The van der Waals surface area contributed by atoms with Gasteiger partial charge in [0.1, 0.15) is 0 Å². The van der Waals surface area contributed by atoms with Crippen molar-refractivity contribution in [3.8, 4) is 0 Å². The van der Waals surface area contributed by atoms with Crippen LogP contribution >= 0.6 is 0 Å². The predicted molar refractivity (Wildman–Crippen MR) is 54.1 cm³/mol. The van der Waals surface area contributed by atoms with Crippen molar-refractivity contribution in [3.63, 3.8) is 0 Å². The Balaban J connectivity index is 2.66. The highest BCUT2D eigenvalue weighted by Crippen LogP contribution is 2.06. The molecule has 6 nitrogen and oxygen atoms in total. The summed E-state index contributed by atoms with van der Waals surface area (Å²) in [4.78, 5) is 12.4. The number of aromatic carboxylic acids is 1. The minimum atomic E-state index is -1.08. The van der Waals surface area contributed by atoms with Gasteiger partial charge in [0.15, 0.2) is 11.5 Å². The fourth-order valence-electron chi connectivity index (χ4n) is 0.986. The molecular weight excluding hydrogens is 198 g/mol. The Bertz CT molecular complexity index is 326. The van der Waals surface area contributed by atoms with Crippen molar-refractivity contribution in [2.75, 3.05) is 32.2 Å². The largest absolute Gasteiger partial charge is 0.476 e. The number of likely N-dealkylation sites (N-methyl/N-ethyl adjacent to an activating group) is 1. The lowest BCUT2D eigenvalue weighted by Crippen LogP contribution is -2.23. The number of hydrogen-bond acceptors (Lipinski definition) is 5. The van der Waals surface area contributed by atoms with Crippen LogP contribution in [0.4, 0.5) is 5.82 Å². The number of carboxylic acid groups (broad SMARTS) is 1. The highest BCUT2D eigenvalue weighted by molar-refractivity contribution is 5.85. The first-order valence-electron chi connectivity index (χ1n) is 4.42. The monoisotopic (exact) mass is 211 g/mol. The zero-order valence-electron chi connectivity index (χ0n) is 8.67. The van der Waals surface area contributed by atoms with Gasteiger partial charge in [-0.3, -0.25) is 0 Å². The standard InChI is InChI=1S/C9H13N3O3/c1-12(5-6-15-2)8-4-3-7(9(13)14)10-11-8/h3-4H,5-6H2,1-2H3,(H,13,14). The van der Waals surface area contributed by atoms with Crippen LogP contribution in [0.5, 0.6) is 0 Å². The van der Waals surface area contributed by atoms with Gasteiger partial charge in [0.2, 0.25) is 0 Å². The first kappa shape index (κ1) is 11.4. The summed E-state index contributed by atoms with van der Waals surface area (Å²) in [6, 6.07) is 3.04. The number of rotatable bonds is 5. The number of carboxylic acids is 1. The number of methoxy groups -OCH3 is 1. The molecule has 1 N–H and O–H groups in total. The van der Waals surface area contributed by atoms with Crippen molar-refractivity contribution in [1.82, 2.24) is 10.2 Å².